The van der Waals surface area contributed by atoms with E-state index in [4.69, 9.17) is 19.9 Å². The fourth-order valence-corrected chi connectivity index (χ4v) is 11.7. The number of aromatic nitrogens is 4. The second-order valence-electron chi connectivity index (χ2n) is 15.4. The van der Waals surface area contributed by atoms with Crippen LogP contribution in [0.2, 0.25) is 0 Å². The van der Waals surface area contributed by atoms with Crippen molar-refractivity contribution in [3.05, 3.63) is 183 Å². The minimum atomic E-state index is 0.720. The van der Waals surface area contributed by atoms with Gasteiger partial charge in [-0.05, 0) is 79.8 Å². The third kappa shape index (κ3) is 5.08. The van der Waals surface area contributed by atoms with Crippen molar-refractivity contribution in [2.45, 2.75) is 0 Å². The summed E-state index contributed by atoms with van der Waals surface area (Å²) in [6.45, 7) is 0. The van der Waals surface area contributed by atoms with E-state index >= 15 is 0 Å². The van der Waals surface area contributed by atoms with Crippen molar-refractivity contribution >= 4 is 106 Å². The zero-order valence-corrected chi connectivity index (χ0v) is 33.6. The van der Waals surface area contributed by atoms with Gasteiger partial charge in [0.2, 0.25) is 0 Å². The molecule has 13 rings (SSSR count). The highest BCUT2D eigenvalue weighted by molar-refractivity contribution is 7.27. The van der Waals surface area contributed by atoms with Crippen LogP contribution in [0.15, 0.2) is 183 Å². The Kier molecular flexibility index (Phi) is 7.31. The Bertz CT molecular complexity index is 3600. The molecule has 0 aliphatic heterocycles. The summed E-state index contributed by atoms with van der Waals surface area (Å²) in [7, 11) is 0. The van der Waals surface area contributed by atoms with Crippen LogP contribution in [0.25, 0.3) is 128 Å². The van der Waals surface area contributed by atoms with Crippen LogP contribution < -0.4 is 0 Å². The summed E-state index contributed by atoms with van der Waals surface area (Å²) in [4.78, 5) is 19.7. The van der Waals surface area contributed by atoms with Gasteiger partial charge in [0.15, 0.2) is 11.6 Å². The van der Waals surface area contributed by atoms with Crippen LogP contribution in [-0.2, 0) is 0 Å². The molecule has 0 unspecified atom stereocenters. The normalized spacial score (nSPS) is 12.0. The maximum atomic E-state index is 4.92. The lowest BCUT2D eigenvalue weighted by atomic mass is 9.88. The second-order valence-corrected chi connectivity index (χ2v) is 17.5. The lowest BCUT2D eigenvalue weighted by molar-refractivity contribution is 1.18. The number of hydrogen-bond acceptors (Lipinski definition) is 6. The molecule has 0 saturated carbocycles. The first-order valence-electron chi connectivity index (χ1n) is 20.0. The SMILES string of the molecule is c1ccc(-c2ncc(-c3cc4cc5c(cc(-c6cnc(-c7ccccc7)nc6)c6c5ccc5c7ccccc7sc56)cc4c4ccc5c6ccccc6sc5c34)cn2)cc1. The van der Waals surface area contributed by atoms with Gasteiger partial charge in [-0.3, -0.25) is 0 Å². The van der Waals surface area contributed by atoms with Gasteiger partial charge in [0.25, 0.3) is 0 Å². The summed E-state index contributed by atoms with van der Waals surface area (Å²) in [6.07, 6.45) is 7.98. The predicted molar refractivity (Wildman–Crippen MR) is 255 cm³/mol. The van der Waals surface area contributed by atoms with Crippen LogP contribution in [0.1, 0.15) is 0 Å². The molecule has 60 heavy (non-hydrogen) atoms. The Morgan fingerprint density at radius 3 is 1.12 bits per heavy atom. The van der Waals surface area contributed by atoms with E-state index in [0.29, 0.717) is 0 Å². The molecule has 0 N–H and O–H groups in total. The van der Waals surface area contributed by atoms with Crippen LogP contribution in [0, 0.1) is 0 Å². The maximum Gasteiger partial charge on any atom is 0.159 e. The van der Waals surface area contributed by atoms with E-state index in [1.165, 1.54) is 83.4 Å². The molecule has 6 heteroatoms. The molecular formula is C54H30N4S2. The van der Waals surface area contributed by atoms with E-state index in [1.54, 1.807) is 0 Å². The number of fused-ring (bicyclic) bond motifs is 14. The average Bonchev–Trinajstić information content (AvgIpc) is 3.90. The Morgan fingerprint density at radius 2 is 0.683 bits per heavy atom. The van der Waals surface area contributed by atoms with E-state index in [1.807, 2.05) is 83.9 Å². The molecule has 9 aromatic carbocycles. The molecular weight excluding hydrogens is 769 g/mol. The Labute approximate surface area is 351 Å². The second kappa shape index (κ2) is 13.1. The molecule has 0 bridgehead atoms. The summed E-state index contributed by atoms with van der Waals surface area (Å²) in [5, 5.41) is 14.8. The average molecular weight is 799 g/mol. The third-order valence-electron chi connectivity index (χ3n) is 12.0. The molecule has 0 aliphatic rings. The van der Waals surface area contributed by atoms with E-state index in [9.17, 15) is 0 Å². The maximum absolute atomic E-state index is 4.92. The molecule has 0 atom stereocenters. The fraction of sp³-hybridized carbons (Fsp3) is 0. The van der Waals surface area contributed by atoms with Gasteiger partial charge in [-0.15, -0.1) is 22.7 Å². The van der Waals surface area contributed by atoms with E-state index in [-0.39, 0.29) is 0 Å². The van der Waals surface area contributed by atoms with Crippen molar-refractivity contribution in [3.63, 3.8) is 0 Å². The van der Waals surface area contributed by atoms with Gasteiger partial charge in [-0.2, -0.15) is 0 Å². The van der Waals surface area contributed by atoms with Crippen molar-refractivity contribution < 1.29 is 0 Å². The zero-order chi connectivity index (χ0) is 39.3. The summed E-state index contributed by atoms with van der Waals surface area (Å²) in [5.41, 5.74) is 6.27. The lowest BCUT2D eigenvalue weighted by Crippen LogP contribution is -1.92. The van der Waals surface area contributed by atoms with E-state index in [2.05, 4.69) is 121 Å². The van der Waals surface area contributed by atoms with Crippen molar-refractivity contribution in [1.82, 2.24) is 19.9 Å². The summed E-state index contributed by atoms with van der Waals surface area (Å²) in [6, 6.07) is 56.7. The van der Waals surface area contributed by atoms with E-state index < -0.39 is 0 Å². The quantitative estimate of drug-likeness (QED) is 0.131. The fourth-order valence-electron chi connectivity index (χ4n) is 9.22. The van der Waals surface area contributed by atoms with Crippen molar-refractivity contribution in [2.75, 3.05) is 0 Å². The van der Waals surface area contributed by atoms with Gasteiger partial charge in [-0.1, -0.05) is 121 Å². The zero-order valence-electron chi connectivity index (χ0n) is 31.9. The molecule has 0 fully saturated rings. The number of rotatable bonds is 4. The molecule has 4 heterocycles. The highest BCUT2D eigenvalue weighted by atomic mass is 32.1. The van der Waals surface area contributed by atoms with Crippen molar-refractivity contribution in [3.8, 4) is 45.0 Å². The van der Waals surface area contributed by atoms with Gasteiger partial charge in [-0.25, -0.2) is 19.9 Å². The van der Waals surface area contributed by atoms with Gasteiger partial charge >= 0.3 is 0 Å². The Hall–Kier alpha value is -7.38. The Balaban J connectivity index is 1.11. The molecule has 0 aliphatic carbocycles. The van der Waals surface area contributed by atoms with Crippen LogP contribution in [0.4, 0.5) is 0 Å². The third-order valence-corrected chi connectivity index (χ3v) is 14.4. The summed E-state index contributed by atoms with van der Waals surface area (Å²) < 4.78 is 5.12. The first-order valence-corrected chi connectivity index (χ1v) is 21.6. The monoisotopic (exact) mass is 798 g/mol. The molecule has 0 saturated heterocycles. The first-order chi connectivity index (χ1) is 29.7. The van der Waals surface area contributed by atoms with Crippen LogP contribution >= 0.6 is 22.7 Å². The standard InChI is InChI=1S/C54H30N4S2/c1-3-11-31(12-4-1)53-55-27-35(28-56-53)45-25-33-23-44-34(24-43(33)39-19-21-41-37-15-7-9-17-47(37)59-51(41)49(39)45)26-46(36-29-57-54(58-30-36)32-13-5-2-6-14-32)50-40(44)20-22-42-38-16-8-10-18-48(38)60-52(42)50/h1-30H. The largest absolute Gasteiger partial charge is 0.236 e. The topological polar surface area (TPSA) is 51.6 Å². The van der Waals surface area contributed by atoms with Gasteiger partial charge < -0.3 is 0 Å². The Morgan fingerprint density at radius 1 is 0.300 bits per heavy atom. The lowest BCUT2D eigenvalue weighted by Gasteiger charge is -2.16. The first kappa shape index (κ1) is 33.6. The van der Waals surface area contributed by atoms with Crippen molar-refractivity contribution in [1.29, 1.82) is 0 Å². The summed E-state index contributed by atoms with van der Waals surface area (Å²) >= 11 is 3.72. The number of hydrogen-bond donors (Lipinski definition) is 0. The molecule has 4 aromatic heterocycles. The predicted octanol–water partition coefficient (Wildman–Crippen LogP) is 15.3. The van der Waals surface area contributed by atoms with Gasteiger partial charge in [0, 0.05) is 98.2 Å². The summed E-state index contributed by atoms with van der Waals surface area (Å²) in [5.74, 6) is 1.44. The molecule has 0 amide bonds. The highest BCUT2D eigenvalue weighted by Crippen LogP contribution is 2.48. The smallest absolute Gasteiger partial charge is 0.159 e. The molecule has 278 valence electrons. The number of benzene rings is 9. The van der Waals surface area contributed by atoms with Gasteiger partial charge in [0.1, 0.15) is 0 Å². The minimum Gasteiger partial charge on any atom is -0.236 e. The number of thiophene rings is 2. The van der Waals surface area contributed by atoms with E-state index in [0.717, 1.165) is 45.0 Å². The highest BCUT2D eigenvalue weighted by Gasteiger charge is 2.20. The minimum absolute atomic E-state index is 0.720. The van der Waals surface area contributed by atoms with Crippen LogP contribution in [0.3, 0.4) is 0 Å². The molecule has 13 aromatic rings. The van der Waals surface area contributed by atoms with Crippen LogP contribution in [-0.4, -0.2) is 19.9 Å². The number of nitrogens with zero attached hydrogens (tertiary/aromatic N) is 4. The molecule has 0 spiro atoms. The molecule has 0 radical (unpaired) electrons. The molecule has 4 nitrogen and oxygen atoms in total. The van der Waals surface area contributed by atoms with Crippen LogP contribution in [0.5, 0.6) is 0 Å². The van der Waals surface area contributed by atoms with Crippen molar-refractivity contribution in [2.24, 2.45) is 0 Å². The van der Waals surface area contributed by atoms with Gasteiger partial charge in [0.05, 0.1) is 0 Å².